The molecule has 1 fully saturated rings. The molecule has 3 rings (SSSR count). The zero-order chi connectivity index (χ0) is 15.2. The number of aromatic nitrogens is 1. The third-order valence-corrected chi connectivity index (χ3v) is 4.25. The van der Waals surface area contributed by atoms with Crippen molar-refractivity contribution in [3.8, 4) is 6.07 Å². The van der Waals surface area contributed by atoms with Gasteiger partial charge in [0.05, 0.1) is 11.6 Å². The SMILES string of the molecule is N#Cc1ccc(NCC2CCN(c3ccncc3)CC2)cc1. The molecule has 1 aromatic heterocycles. The molecular formula is C18H20N4. The molecule has 1 aliphatic heterocycles. The molecule has 1 saturated heterocycles. The van der Waals surface area contributed by atoms with Crippen LogP contribution in [0.25, 0.3) is 0 Å². The molecule has 4 heteroatoms. The van der Waals surface area contributed by atoms with Gasteiger partial charge in [0.25, 0.3) is 0 Å². The van der Waals surface area contributed by atoms with Crippen LogP contribution in [0.2, 0.25) is 0 Å². The van der Waals surface area contributed by atoms with E-state index in [2.05, 4.69) is 33.4 Å². The topological polar surface area (TPSA) is 52.0 Å². The molecule has 2 heterocycles. The van der Waals surface area contributed by atoms with Gasteiger partial charge in [-0.1, -0.05) is 0 Å². The van der Waals surface area contributed by atoms with Crippen molar-refractivity contribution in [2.24, 2.45) is 5.92 Å². The summed E-state index contributed by atoms with van der Waals surface area (Å²) in [5.41, 5.74) is 3.07. The third kappa shape index (κ3) is 3.56. The largest absolute Gasteiger partial charge is 0.385 e. The van der Waals surface area contributed by atoms with Crippen LogP contribution in [0.1, 0.15) is 18.4 Å². The van der Waals surface area contributed by atoms with Crippen LogP contribution < -0.4 is 10.2 Å². The Balaban J connectivity index is 1.47. The highest BCUT2D eigenvalue weighted by atomic mass is 15.1. The maximum atomic E-state index is 8.80. The minimum Gasteiger partial charge on any atom is -0.385 e. The van der Waals surface area contributed by atoms with E-state index >= 15 is 0 Å². The van der Waals surface area contributed by atoms with E-state index in [9.17, 15) is 0 Å². The maximum Gasteiger partial charge on any atom is 0.0991 e. The van der Waals surface area contributed by atoms with Crippen molar-refractivity contribution in [1.29, 1.82) is 5.26 Å². The lowest BCUT2D eigenvalue weighted by atomic mass is 9.96. The predicted octanol–water partition coefficient (Wildman–Crippen LogP) is 3.28. The summed E-state index contributed by atoms with van der Waals surface area (Å²) in [5.74, 6) is 0.703. The fourth-order valence-corrected chi connectivity index (χ4v) is 2.87. The maximum absolute atomic E-state index is 8.80. The van der Waals surface area contributed by atoms with Gasteiger partial charge < -0.3 is 10.2 Å². The number of nitrogens with zero attached hydrogens (tertiary/aromatic N) is 3. The Kier molecular flexibility index (Phi) is 4.55. The number of pyridine rings is 1. The first-order chi connectivity index (χ1) is 10.8. The predicted molar refractivity (Wildman–Crippen MR) is 88.8 cm³/mol. The Labute approximate surface area is 131 Å². The van der Waals surface area contributed by atoms with Crippen LogP contribution in [0.4, 0.5) is 11.4 Å². The van der Waals surface area contributed by atoms with E-state index in [0.717, 1.165) is 25.3 Å². The second kappa shape index (κ2) is 6.95. The summed E-state index contributed by atoms with van der Waals surface area (Å²) < 4.78 is 0. The third-order valence-electron chi connectivity index (χ3n) is 4.25. The second-order valence-corrected chi connectivity index (χ2v) is 5.71. The molecule has 22 heavy (non-hydrogen) atoms. The van der Waals surface area contributed by atoms with E-state index < -0.39 is 0 Å². The van der Waals surface area contributed by atoms with Gasteiger partial charge in [0.1, 0.15) is 0 Å². The molecular weight excluding hydrogens is 272 g/mol. The first-order valence-corrected chi connectivity index (χ1v) is 7.74. The molecule has 0 saturated carbocycles. The van der Waals surface area contributed by atoms with Crippen molar-refractivity contribution in [3.63, 3.8) is 0 Å². The molecule has 4 nitrogen and oxygen atoms in total. The van der Waals surface area contributed by atoms with Crippen molar-refractivity contribution in [1.82, 2.24) is 4.98 Å². The summed E-state index contributed by atoms with van der Waals surface area (Å²) in [5, 5.41) is 12.3. The zero-order valence-electron chi connectivity index (χ0n) is 12.6. The highest BCUT2D eigenvalue weighted by Gasteiger charge is 2.19. The Morgan fingerprint density at radius 1 is 1.09 bits per heavy atom. The lowest BCUT2D eigenvalue weighted by molar-refractivity contribution is 0.423. The molecule has 1 aromatic carbocycles. The monoisotopic (exact) mass is 292 g/mol. The van der Waals surface area contributed by atoms with Gasteiger partial charge in [0.15, 0.2) is 0 Å². The van der Waals surface area contributed by atoms with E-state index in [0.29, 0.717) is 11.5 Å². The molecule has 0 unspecified atom stereocenters. The van der Waals surface area contributed by atoms with Gasteiger partial charge in [-0.05, 0) is 55.2 Å². The van der Waals surface area contributed by atoms with Crippen LogP contribution in [-0.4, -0.2) is 24.6 Å². The minimum absolute atomic E-state index is 0.703. The first kappa shape index (κ1) is 14.4. The fraction of sp³-hybridized carbons (Fsp3) is 0.333. The minimum atomic E-state index is 0.703. The number of hydrogen-bond donors (Lipinski definition) is 1. The number of anilines is 2. The number of rotatable bonds is 4. The summed E-state index contributed by atoms with van der Waals surface area (Å²) in [6, 6.07) is 14.0. The van der Waals surface area contributed by atoms with Gasteiger partial charge >= 0.3 is 0 Å². The van der Waals surface area contributed by atoms with Crippen LogP contribution >= 0.6 is 0 Å². The Bertz CT molecular complexity index is 622. The zero-order valence-corrected chi connectivity index (χ0v) is 12.6. The lowest BCUT2D eigenvalue weighted by Crippen LogP contribution is -2.35. The molecule has 112 valence electrons. The van der Waals surface area contributed by atoms with E-state index in [1.165, 1.54) is 18.5 Å². The Morgan fingerprint density at radius 2 is 1.77 bits per heavy atom. The van der Waals surface area contributed by atoms with Gasteiger partial charge in [-0.15, -0.1) is 0 Å². The number of nitriles is 1. The Morgan fingerprint density at radius 3 is 2.41 bits per heavy atom. The summed E-state index contributed by atoms with van der Waals surface area (Å²) >= 11 is 0. The molecule has 2 aromatic rings. The molecule has 0 spiro atoms. The quantitative estimate of drug-likeness (QED) is 0.939. The van der Waals surface area contributed by atoms with E-state index in [1.807, 2.05) is 36.7 Å². The summed E-state index contributed by atoms with van der Waals surface area (Å²) in [6.45, 7) is 3.20. The number of nitrogens with one attached hydrogen (secondary N) is 1. The standard InChI is InChI=1S/C18H20N4/c19-13-15-1-3-17(4-2-15)21-14-16-7-11-22(12-8-16)18-5-9-20-10-6-18/h1-6,9-10,16,21H,7-8,11-12,14H2. The summed E-state index contributed by atoms with van der Waals surface area (Å²) in [6.07, 6.45) is 6.11. The van der Waals surface area contributed by atoms with Crippen molar-refractivity contribution in [2.75, 3.05) is 29.9 Å². The van der Waals surface area contributed by atoms with Gasteiger partial charge in [0, 0.05) is 43.4 Å². The molecule has 0 aliphatic carbocycles. The number of hydrogen-bond acceptors (Lipinski definition) is 4. The lowest BCUT2D eigenvalue weighted by Gasteiger charge is -2.33. The molecule has 0 amide bonds. The number of benzene rings is 1. The van der Waals surface area contributed by atoms with Crippen molar-refractivity contribution < 1.29 is 0 Å². The normalized spacial score (nSPS) is 15.3. The molecule has 0 atom stereocenters. The average Bonchev–Trinajstić information content (AvgIpc) is 2.61. The highest BCUT2D eigenvalue weighted by Crippen LogP contribution is 2.23. The summed E-state index contributed by atoms with van der Waals surface area (Å²) in [4.78, 5) is 6.50. The van der Waals surface area contributed by atoms with Gasteiger partial charge in [-0.2, -0.15) is 5.26 Å². The highest BCUT2D eigenvalue weighted by molar-refractivity contribution is 5.47. The average molecular weight is 292 g/mol. The smallest absolute Gasteiger partial charge is 0.0991 e. The van der Waals surface area contributed by atoms with Crippen LogP contribution in [0.15, 0.2) is 48.8 Å². The fourth-order valence-electron chi connectivity index (χ4n) is 2.87. The summed E-state index contributed by atoms with van der Waals surface area (Å²) in [7, 11) is 0. The van der Waals surface area contributed by atoms with Gasteiger partial charge in [-0.3, -0.25) is 4.98 Å². The number of piperidine rings is 1. The van der Waals surface area contributed by atoms with E-state index in [4.69, 9.17) is 5.26 Å². The van der Waals surface area contributed by atoms with Crippen molar-refractivity contribution >= 4 is 11.4 Å². The van der Waals surface area contributed by atoms with Crippen LogP contribution in [0.3, 0.4) is 0 Å². The van der Waals surface area contributed by atoms with E-state index in [1.54, 1.807) is 0 Å². The molecule has 1 N–H and O–H groups in total. The second-order valence-electron chi connectivity index (χ2n) is 5.71. The first-order valence-electron chi connectivity index (χ1n) is 7.74. The Hall–Kier alpha value is -2.54. The van der Waals surface area contributed by atoms with Gasteiger partial charge in [0.2, 0.25) is 0 Å². The molecule has 1 aliphatic rings. The van der Waals surface area contributed by atoms with Crippen LogP contribution in [0, 0.1) is 17.2 Å². The molecule has 0 radical (unpaired) electrons. The molecule has 0 bridgehead atoms. The van der Waals surface area contributed by atoms with Crippen molar-refractivity contribution in [3.05, 3.63) is 54.4 Å². The van der Waals surface area contributed by atoms with Crippen molar-refractivity contribution in [2.45, 2.75) is 12.8 Å². The van der Waals surface area contributed by atoms with Gasteiger partial charge in [-0.25, -0.2) is 0 Å². The van der Waals surface area contributed by atoms with Crippen LogP contribution in [0.5, 0.6) is 0 Å². The van der Waals surface area contributed by atoms with Crippen LogP contribution in [-0.2, 0) is 0 Å². The van der Waals surface area contributed by atoms with E-state index in [-0.39, 0.29) is 0 Å².